The van der Waals surface area contributed by atoms with E-state index in [0.717, 1.165) is 32.1 Å². The van der Waals surface area contributed by atoms with Crippen molar-refractivity contribution in [1.29, 1.82) is 0 Å². The van der Waals surface area contributed by atoms with Crippen molar-refractivity contribution in [1.82, 2.24) is 46.2 Å². The lowest BCUT2D eigenvalue weighted by Crippen LogP contribution is -2.55. The van der Waals surface area contributed by atoms with Crippen LogP contribution in [0.1, 0.15) is 127 Å². The van der Waals surface area contributed by atoms with Crippen LogP contribution in [0, 0.1) is 0 Å². The van der Waals surface area contributed by atoms with Crippen LogP contribution >= 0.6 is 24.0 Å². The number of aryl methyl sites for hydroxylation is 1. The standard InChI is InChI=1S/C98H106N10O23S2/c99-97(126)79(20-12-4-11-19-75(132)45-66-23-32-76(81(46-66)128-60-109)96-77-33-30-73(110)49-82(77)131-83-50-74(111)31-34-78(83)96)104-88(115)58-107-53-71(43-63-15-7-2-8-16-63)102-87(114)56-105(90(117)37-40-95(124)125)51-69(28-38-93(120)121)100-86(113)57-108(92(119)48-67-24-35-80-84(47-67)130-61-129-80)52-70(29-39-94(122)123)101-85(112)55-106(89(116)36-25-62-13-5-1-6-14-62)54-72(44-64-17-9-3-10-18-64)103-98(127)68-26-21-65(22-27-68)59-133-42-41-91(107)118/h1-3,5-10,13-18,21-24,26-27,30-35,46-47,49-50,60,69-72,79,110H,4,11-12,19-20,25,28-29,36-45,48,51-59,61H2,(H2,99,126)(H,100,113)(H,101,112)(H,102,114)(H,103,127)(H,104,115)(H,120,121)(H,122,123)(H,124,125)/t69-,70-,71-,72-,79-/m0/s1. The van der Waals surface area contributed by atoms with Gasteiger partial charge in [-0.25, -0.2) is 0 Å². The molecule has 12 rings (SSSR count). The van der Waals surface area contributed by atoms with E-state index in [2.05, 4.69) is 26.6 Å². The average molecular weight is 1860 g/mol. The van der Waals surface area contributed by atoms with Crippen molar-refractivity contribution in [3.05, 3.63) is 237 Å². The largest absolute Gasteiger partial charge is 0.508 e. The fourth-order valence-corrected chi connectivity index (χ4v) is 17.1. The number of phenolic OH excluding ortho intramolecular Hbond substituents is 1. The number of amides is 10. The van der Waals surface area contributed by atoms with Gasteiger partial charge >= 0.3 is 17.9 Å². The van der Waals surface area contributed by atoms with Gasteiger partial charge < -0.3 is 91.0 Å². The van der Waals surface area contributed by atoms with Gasteiger partial charge in [-0.15, -0.1) is 0 Å². The van der Waals surface area contributed by atoms with Gasteiger partial charge in [0.1, 0.15) is 28.9 Å². The number of carbonyl (C=O) groups excluding carboxylic acids is 11. The minimum absolute atomic E-state index is 0.00825. The van der Waals surface area contributed by atoms with E-state index in [1.165, 1.54) is 45.8 Å². The molecule has 0 saturated carbocycles. The van der Waals surface area contributed by atoms with E-state index in [1.54, 1.807) is 97.1 Å². The number of thiocarbonyl (C=S) groups is 1. The number of rotatable bonds is 33. The average Bonchev–Trinajstić information content (AvgIpc) is 1.64. The van der Waals surface area contributed by atoms with Gasteiger partial charge in [-0.05, 0) is 144 Å². The number of fused-ring (bicyclic) bond motifs is 32. The van der Waals surface area contributed by atoms with Crippen LogP contribution in [0.4, 0.5) is 0 Å². The SMILES string of the molecule is NC(=O)[C@H](CCCCCC(=S)Cc1ccc(-c2c3ccc(=O)cc-3oc3cc(O)ccc23)c(OC=O)c1)NC(=O)CN1C[C@H](Cc2ccccc2)NC(=O)CN(C(=O)CCC(=O)O)C[C@H](CCC(=O)O)NC(=O)CN(C(=O)Cc2ccc3c(c2)OCO3)C[C@H](CCC(=O)O)NC(=O)CN(C(=O)CCc2ccccc2)C[C@H](Cc2ccccc2)NC(=O)c2ccc(cc2)CSCCC1=O. The molecule has 7 aromatic rings. The van der Waals surface area contributed by atoms with Crippen LogP contribution in [0.2, 0.25) is 0 Å². The number of ether oxygens (including phenoxy) is 3. The lowest BCUT2D eigenvalue weighted by molar-refractivity contribution is -0.142. The second-order valence-electron chi connectivity index (χ2n) is 32.7. The van der Waals surface area contributed by atoms with Gasteiger partial charge in [0.15, 0.2) is 16.9 Å². The van der Waals surface area contributed by atoms with E-state index in [0.29, 0.717) is 93.9 Å². The predicted molar refractivity (Wildman–Crippen MR) is 496 cm³/mol. The topological polar surface area (TPSA) is 477 Å². The Balaban J connectivity index is 0.857. The number of nitrogens with two attached hydrogens (primary N) is 1. The first-order valence-electron chi connectivity index (χ1n) is 43.7. The summed E-state index contributed by atoms with van der Waals surface area (Å²) in [6.45, 7) is -4.66. The number of hydrogen-bond acceptors (Lipinski definition) is 22. The summed E-state index contributed by atoms with van der Waals surface area (Å²) in [5.74, 6) is -10.1. The second kappa shape index (κ2) is 49.6. The van der Waals surface area contributed by atoms with Crippen molar-refractivity contribution in [2.24, 2.45) is 5.73 Å². The minimum Gasteiger partial charge on any atom is -0.508 e. The summed E-state index contributed by atoms with van der Waals surface area (Å²) in [5.41, 5.74) is 11.9. The molecule has 0 fully saturated rings. The molecule has 0 spiro atoms. The molecule has 2 bridgehead atoms. The number of hydrogen-bond donors (Lipinski definition) is 10. The Morgan fingerprint density at radius 3 is 1.73 bits per heavy atom. The van der Waals surface area contributed by atoms with Crippen LogP contribution in [0.5, 0.6) is 23.0 Å². The van der Waals surface area contributed by atoms with E-state index in [4.69, 9.17) is 36.6 Å². The molecule has 7 aromatic carbocycles. The van der Waals surface area contributed by atoms with Crippen molar-refractivity contribution in [3.63, 3.8) is 0 Å². The van der Waals surface area contributed by atoms with Crippen molar-refractivity contribution in [2.45, 2.75) is 152 Å². The van der Waals surface area contributed by atoms with E-state index >= 15 is 0 Å². The maximum atomic E-state index is 15.0. The number of carbonyl (C=O) groups is 14. The Bertz CT molecular complexity index is 5690. The molecule has 33 nitrogen and oxygen atoms in total. The smallest absolute Gasteiger partial charge is 0.303 e. The molecular formula is C98H106N10O23S2. The highest BCUT2D eigenvalue weighted by Crippen LogP contribution is 2.45. The van der Waals surface area contributed by atoms with Crippen molar-refractivity contribution in [2.75, 3.05) is 64.9 Å². The first kappa shape index (κ1) is 99.2. The van der Waals surface area contributed by atoms with E-state index in [-0.39, 0.29) is 104 Å². The molecule has 133 heavy (non-hydrogen) atoms. The third kappa shape index (κ3) is 31.5. The Morgan fingerprint density at radius 1 is 0.549 bits per heavy atom. The monoisotopic (exact) mass is 1850 g/mol. The fourth-order valence-electron chi connectivity index (χ4n) is 15.9. The highest BCUT2D eigenvalue weighted by molar-refractivity contribution is 7.98. The number of benzene rings is 8. The van der Waals surface area contributed by atoms with E-state index < -0.39 is 185 Å². The van der Waals surface area contributed by atoms with Gasteiger partial charge in [0.25, 0.3) is 12.4 Å². The van der Waals surface area contributed by atoms with Crippen LogP contribution in [0.25, 0.3) is 33.4 Å². The fraction of sp³-hybridized carbons (Fsp3) is 0.347. The Morgan fingerprint density at radius 2 is 1.11 bits per heavy atom. The highest BCUT2D eigenvalue weighted by Gasteiger charge is 2.34. The number of carboxylic acids is 3. The van der Waals surface area contributed by atoms with Gasteiger partial charge in [-0.1, -0.05) is 146 Å². The number of aromatic hydroxyl groups is 1. The first-order valence-corrected chi connectivity index (χ1v) is 45.3. The summed E-state index contributed by atoms with van der Waals surface area (Å²) in [7, 11) is 0. The summed E-state index contributed by atoms with van der Waals surface area (Å²) in [4.78, 5) is 213. The Hall–Kier alpha value is -14.4. The summed E-state index contributed by atoms with van der Waals surface area (Å²) in [6, 6.07) is 46.7. The number of thioether (sulfide) groups is 1. The van der Waals surface area contributed by atoms with E-state index in [9.17, 15) is 92.3 Å². The molecule has 11 N–H and O–H groups in total. The first-order chi connectivity index (χ1) is 64.0. The molecule has 1 aliphatic carbocycles. The summed E-state index contributed by atoms with van der Waals surface area (Å²) in [6.07, 6.45) is -1.45. The maximum Gasteiger partial charge on any atom is 0.303 e. The van der Waals surface area contributed by atoms with Crippen LogP contribution in [-0.2, 0) is 100 Å². The van der Waals surface area contributed by atoms with Gasteiger partial charge in [0.2, 0.25) is 60.0 Å². The summed E-state index contributed by atoms with van der Waals surface area (Å²) in [5, 5.41) is 55.3. The van der Waals surface area contributed by atoms with Gasteiger partial charge in [0, 0.05) is 128 Å². The molecule has 0 unspecified atom stereocenters. The molecule has 4 heterocycles. The maximum absolute atomic E-state index is 15.0. The number of aliphatic carboxylic acids is 3. The van der Waals surface area contributed by atoms with Gasteiger partial charge in [-0.2, -0.15) is 11.8 Å². The lowest BCUT2D eigenvalue weighted by atomic mass is 9.92. The summed E-state index contributed by atoms with van der Waals surface area (Å²) < 4.78 is 22.7. The van der Waals surface area contributed by atoms with Gasteiger partial charge in [0.05, 0.1) is 51.1 Å². The molecule has 35 heteroatoms. The van der Waals surface area contributed by atoms with Crippen molar-refractivity contribution < 1.29 is 106 Å². The molecule has 0 aromatic heterocycles. The lowest BCUT2D eigenvalue weighted by Gasteiger charge is -2.32. The molecular weight excluding hydrogens is 1750 g/mol. The van der Waals surface area contributed by atoms with Crippen LogP contribution in [0.15, 0.2) is 197 Å². The second-order valence-corrected chi connectivity index (χ2v) is 34.4. The van der Waals surface area contributed by atoms with Crippen LogP contribution in [0.3, 0.4) is 0 Å². The Kier molecular flexibility index (Phi) is 37.0. The number of phenols is 1. The quantitative estimate of drug-likeness (QED) is 0.00605. The number of unbranched alkanes of at least 4 members (excludes halogenated alkanes) is 2. The summed E-state index contributed by atoms with van der Waals surface area (Å²) >= 11 is 7.22. The molecule has 5 aliphatic rings. The van der Waals surface area contributed by atoms with Crippen LogP contribution < -0.4 is 52.0 Å². The number of nitrogens with one attached hydrogen (secondary N) is 5. The third-order valence-electron chi connectivity index (χ3n) is 22.5. The molecule has 10 amide bonds. The zero-order valence-electron chi connectivity index (χ0n) is 73.1. The molecule has 0 saturated heterocycles. The molecule has 5 atom stereocenters. The third-order valence-corrected chi connectivity index (χ3v) is 23.8. The number of nitrogens with zero attached hydrogens (tertiary/aromatic N) is 4. The zero-order chi connectivity index (χ0) is 94.9. The van der Waals surface area contributed by atoms with E-state index in [1.807, 2.05) is 66.7 Å². The normalized spacial score (nSPS) is 16.7. The zero-order valence-corrected chi connectivity index (χ0v) is 74.7. The minimum atomic E-state index is -1.39. The van der Waals surface area contributed by atoms with Crippen molar-refractivity contribution >= 4 is 123 Å². The Labute approximate surface area is 776 Å². The van der Waals surface area contributed by atoms with Crippen molar-refractivity contribution in [3.8, 4) is 45.4 Å². The van der Waals surface area contributed by atoms with Crippen LogP contribution in [-0.4, -0.2) is 223 Å². The molecule has 4 aliphatic heterocycles. The number of primary amides is 1. The molecule has 0 radical (unpaired) electrons. The predicted octanol–water partition coefficient (Wildman–Crippen LogP) is 8.53. The molecule has 698 valence electrons. The highest BCUT2D eigenvalue weighted by atomic mass is 32.2. The van der Waals surface area contributed by atoms with Gasteiger partial charge in [-0.3, -0.25) is 71.9 Å². The number of carboxylic acid groups (broad SMARTS) is 3.